The number of rotatable bonds is 21. The lowest BCUT2D eigenvalue weighted by Crippen LogP contribution is -2.54. The number of hydrogen-bond acceptors (Lipinski definition) is 8. The van der Waals surface area contributed by atoms with Gasteiger partial charge in [-0.1, -0.05) is 104 Å². The topological polar surface area (TPSA) is 145 Å². The lowest BCUT2D eigenvalue weighted by molar-refractivity contribution is -0.149. The van der Waals surface area contributed by atoms with E-state index in [4.69, 9.17) is 21.1 Å². The van der Waals surface area contributed by atoms with E-state index in [0.717, 1.165) is 32.1 Å². The van der Waals surface area contributed by atoms with Crippen LogP contribution in [0.1, 0.15) is 135 Å². The molecular formula is C42H57ClN2O8S. The number of benzene rings is 2. The second-order valence-electron chi connectivity index (χ2n) is 16.5. The minimum Gasteiger partial charge on any atom is -0.470 e. The van der Waals surface area contributed by atoms with E-state index in [1.807, 2.05) is 0 Å². The lowest BCUT2D eigenvalue weighted by Gasteiger charge is -2.52. The molecule has 0 bridgehead atoms. The third-order valence-corrected chi connectivity index (χ3v) is 13.8. The highest BCUT2D eigenvalue weighted by Gasteiger charge is 2.85. The number of Topliss-reactive ketones (excluding diaryl/α,β-unsaturated/α-hetero) is 1. The van der Waals surface area contributed by atoms with Gasteiger partial charge in [0.1, 0.15) is 5.75 Å². The quantitative estimate of drug-likeness (QED) is 0.0724. The van der Waals surface area contributed by atoms with Crippen molar-refractivity contribution in [3.05, 3.63) is 47.0 Å². The normalized spacial score (nSPS) is 21.7. The molecule has 4 unspecified atom stereocenters. The first-order valence-electron chi connectivity index (χ1n) is 19.8. The summed E-state index contributed by atoms with van der Waals surface area (Å²) in [6.45, 7) is 9.13. The van der Waals surface area contributed by atoms with Crippen molar-refractivity contribution in [1.29, 1.82) is 0 Å². The molecule has 1 spiro atoms. The van der Waals surface area contributed by atoms with Crippen molar-refractivity contribution in [3.8, 4) is 5.75 Å². The standard InChI is InChI=1S/C42H57ClN2O8S/c1-6-8-9-10-11-12-13-14-15-16-23-52-38(48)28-17-19-31(43)32(24-28)44-37(47)35(36(46)42-26-29-21-22-41(29,42)27-42)53-34-20-18-30(54(50,51)7-2)25-33(34)45-39(49)40(3,4)5/h17-20,24-25,29,35H,6-16,21-23,26-27H2,1-5H3,(H,44,47)(H,45,49). The van der Waals surface area contributed by atoms with E-state index in [-0.39, 0.29) is 56.2 Å². The summed E-state index contributed by atoms with van der Waals surface area (Å²) in [4.78, 5) is 54.5. The van der Waals surface area contributed by atoms with Crippen LogP contribution in [-0.2, 0) is 29.0 Å². The highest BCUT2D eigenvalue weighted by Crippen LogP contribution is 2.88. The van der Waals surface area contributed by atoms with E-state index in [2.05, 4.69) is 17.6 Å². The Bertz CT molecular complexity index is 1840. The average molecular weight is 785 g/mol. The molecule has 4 atom stereocenters. The number of carbonyl (C=O) groups is 4. The molecule has 0 saturated heterocycles. The number of carbonyl (C=O) groups excluding carboxylic acids is 4. The number of amides is 2. The van der Waals surface area contributed by atoms with Crippen LogP contribution < -0.4 is 15.4 Å². The Hall–Kier alpha value is -3.44. The molecule has 2 N–H and O–H groups in total. The molecule has 296 valence electrons. The minimum absolute atomic E-state index is 0.0258. The smallest absolute Gasteiger partial charge is 0.338 e. The summed E-state index contributed by atoms with van der Waals surface area (Å²) in [6.07, 6.45) is 13.4. The van der Waals surface area contributed by atoms with Gasteiger partial charge in [0.15, 0.2) is 15.6 Å². The number of hydrogen-bond donors (Lipinski definition) is 2. The Balaban J connectivity index is 1.29. The Morgan fingerprint density at radius 2 is 1.56 bits per heavy atom. The summed E-state index contributed by atoms with van der Waals surface area (Å²) in [5, 5.41) is 5.62. The molecular weight excluding hydrogens is 728 g/mol. The Morgan fingerprint density at radius 1 is 0.889 bits per heavy atom. The molecule has 3 fully saturated rings. The van der Waals surface area contributed by atoms with Gasteiger partial charge in [-0.2, -0.15) is 0 Å². The largest absolute Gasteiger partial charge is 0.470 e. The van der Waals surface area contributed by atoms with Gasteiger partial charge in [-0.25, -0.2) is 13.2 Å². The lowest BCUT2D eigenvalue weighted by atomic mass is 9.51. The van der Waals surface area contributed by atoms with Crippen LogP contribution in [0.25, 0.3) is 0 Å². The molecule has 2 aromatic rings. The molecule has 2 aromatic carbocycles. The number of ether oxygens (including phenoxy) is 2. The predicted molar refractivity (Wildman–Crippen MR) is 211 cm³/mol. The summed E-state index contributed by atoms with van der Waals surface area (Å²) in [5.74, 6) is -1.85. The van der Waals surface area contributed by atoms with Gasteiger partial charge in [0.05, 0.1) is 39.2 Å². The zero-order valence-electron chi connectivity index (χ0n) is 32.5. The van der Waals surface area contributed by atoms with E-state index in [1.54, 1.807) is 20.8 Å². The fourth-order valence-electron chi connectivity index (χ4n) is 8.12. The monoisotopic (exact) mass is 784 g/mol. The molecule has 10 nitrogen and oxygen atoms in total. The molecule has 0 radical (unpaired) electrons. The maximum atomic E-state index is 14.3. The molecule has 0 aliphatic heterocycles. The third-order valence-electron chi connectivity index (χ3n) is 11.8. The van der Waals surface area contributed by atoms with Crippen LogP contribution in [0.3, 0.4) is 0 Å². The molecule has 3 aliphatic rings. The highest BCUT2D eigenvalue weighted by atomic mass is 35.5. The molecule has 12 heteroatoms. The summed E-state index contributed by atoms with van der Waals surface area (Å²) in [6, 6.07) is 8.42. The number of esters is 1. The van der Waals surface area contributed by atoms with Gasteiger partial charge < -0.3 is 20.1 Å². The van der Waals surface area contributed by atoms with Crippen molar-refractivity contribution < 1.29 is 37.1 Å². The molecule has 0 aromatic heterocycles. The first-order valence-corrected chi connectivity index (χ1v) is 21.8. The second kappa shape index (κ2) is 17.1. The van der Waals surface area contributed by atoms with Crippen LogP contribution in [0.2, 0.25) is 5.02 Å². The first kappa shape index (κ1) is 41.7. The van der Waals surface area contributed by atoms with Gasteiger partial charge >= 0.3 is 5.97 Å². The molecule has 3 aliphatic carbocycles. The SMILES string of the molecule is CCCCCCCCCCCCOC(=O)c1ccc(Cl)c(NC(=O)C(Oc2ccc(S(=O)(=O)CC)cc2NC(=O)C(C)(C)C)C(=O)C23CC4CCC42C3)c1. The number of unbranched alkanes of at least 4 members (excludes halogenated alkanes) is 9. The van der Waals surface area contributed by atoms with Crippen molar-refractivity contribution in [2.75, 3.05) is 23.0 Å². The number of sulfone groups is 1. The number of ketones is 1. The Kier molecular flexibility index (Phi) is 13.2. The van der Waals surface area contributed by atoms with Crippen molar-refractivity contribution in [2.45, 2.75) is 136 Å². The molecule has 2 amide bonds. The maximum Gasteiger partial charge on any atom is 0.338 e. The van der Waals surface area contributed by atoms with Crippen molar-refractivity contribution in [1.82, 2.24) is 0 Å². The van der Waals surface area contributed by atoms with E-state index < -0.39 is 44.6 Å². The third kappa shape index (κ3) is 8.99. The van der Waals surface area contributed by atoms with Gasteiger partial charge in [0.2, 0.25) is 12.0 Å². The summed E-state index contributed by atoms with van der Waals surface area (Å²) in [5.41, 5.74) is -1.27. The first-order chi connectivity index (χ1) is 25.6. The van der Waals surface area contributed by atoms with Crippen molar-refractivity contribution in [2.24, 2.45) is 22.2 Å². The van der Waals surface area contributed by atoms with Crippen LogP contribution >= 0.6 is 11.6 Å². The molecule has 54 heavy (non-hydrogen) atoms. The maximum absolute atomic E-state index is 14.3. The Labute approximate surface area is 325 Å². The van der Waals surface area contributed by atoms with Gasteiger partial charge in [0.25, 0.3) is 5.91 Å². The number of nitrogens with one attached hydrogen (secondary N) is 2. The number of anilines is 2. The summed E-state index contributed by atoms with van der Waals surface area (Å²) < 4.78 is 37.4. The van der Waals surface area contributed by atoms with Gasteiger partial charge in [-0.3, -0.25) is 14.4 Å². The van der Waals surface area contributed by atoms with Crippen molar-refractivity contribution in [3.63, 3.8) is 0 Å². The van der Waals surface area contributed by atoms with E-state index in [0.29, 0.717) is 18.8 Å². The van der Waals surface area contributed by atoms with Gasteiger partial charge in [0, 0.05) is 10.8 Å². The highest BCUT2D eigenvalue weighted by molar-refractivity contribution is 7.91. The minimum atomic E-state index is -3.67. The Morgan fingerprint density at radius 3 is 2.11 bits per heavy atom. The van der Waals surface area contributed by atoms with Crippen LogP contribution in [-0.4, -0.2) is 50.4 Å². The predicted octanol–water partition coefficient (Wildman–Crippen LogP) is 9.34. The number of halogens is 1. The van der Waals surface area contributed by atoms with Gasteiger partial charge in [-0.05, 0) is 79.8 Å². The summed E-state index contributed by atoms with van der Waals surface area (Å²) >= 11 is 6.50. The van der Waals surface area contributed by atoms with Crippen LogP contribution in [0.15, 0.2) is 41.3 Å². The van der Waals surface area contributed by atoms with Gasteiger partial charge in [-0.15, -0.1) is 0 Å². The second-order valence-corrected chi connectivity index (χ2v) is 19.2. The average Bonchev–Trinajstić information content (AvgIpc) is 3.79. The zero-order chi connectivity index (χ0) is 39.3. The van der Waals surface area contributed by atoms with E-state index in [1.165, 1.54) is 88.3 Å². The fraction of sp³-hybridized carbons (Fsp3) is 0.619. The van der Waals surface area contributed by atoms with Crippen LogP contribution in [0.4, 0.5) is 11.4 Å². The molecule has 3 saturated carbocycles. The molecule has 0 heterocycles. The van der Waals surface area contributed by atoms with Crippen molar-refractivity contribution >= 4 is 56.4 Å². The van der Waals surface area contributed by atoms with E-state index >= 15 is 0 Å². The van der Waals surface area contributed by atoms with Crippen LogP contribution in [0, 0.1) is 22.2 Å². The zero-order valence-corrected chi connectivity index (χ0v) is 34.1. The summed E-state index contributed by atoms with van der Waals surface area (Å²) in [7, 11) is -3.67. The van der Waals surface area contributed by atoms with E-state index in [9.17, 15) is 27.6 Å². The molecule has 5 rings (SSSR count). The van der Waals surface area contributed by atoms with Crippen LogP contribution in [0.5, 0.6) is 5.75 Å². The fourth-order valence-corrected chi connectivity index (χ4v) is 9.19.